The van der Waals surface area contributed by atoms with E-state index < -0.39 is 17.2 Å². The molecule has 5 nitrogen and oxygen atoms in total. The molecular formula is C9H6FN2O3S-. The van der Waals surface area contributed by atoms with Crippen molar-refractivity contribution in [2.75, 3.05) is 4.72 Å². The molecular weight excluding hydrogens is 235 g/mol. The summed E-state index contributed by atoms with van der Waals surface area (Å²) in [6.45, 7) is 0. The van der Waals surface area contributed by atoms with E-state index in [0.29, 0.717) is 5.56 Å². The van der Waals surface area contributed by atoms with Crippen LogP contribution in [-0.2, 0) is 11.3 Å². The minimum Gasteiger partial charge on any atom is -0.755 e. The van der Waals surface area contributed by atoms with Crippen molar-refractivity contribution in [2.24, 2.45) is 0 Å². The summed E-state index contributed by atoms with van der Waals surface area (Å²) in [6, 6.07) is 8.51. The predicted molar refractivity (Wildman–Crippen MR) is 54.4 cm³/mol. The molecule has 7 heteroatoms. The number of halogens is 1. The van der Waals surface area contributed by atoms with Gasteiger partial charge in [0.05, 0.1) is 0 Å². The Hall–Kier alpha value is -1.73. The Balaban J connectivity index is 2.46. The largest absolute Gasteiger partial charge is 0.755 e. The lowest BCUT2D eigenvalue weighted by molar-refractivity contribution is 0.384. The Morgan fingerprint density at radius 1 is 1.38 bits per heavy atom. The zero-order valence-corrected chi connectivity index (χ0v) is 8.66. The second-order valence-electron chi connectivity index (χ2n) is 2.88. The van der Waals surface area contributed by atoms with Gasteiger partial charge in [0, 0.05) is 16.8 Å². The molecule has 0 aliphatic rings. The third-order valence-corrected chi connectivity index (χ3v) is 2.24. The molecule has 1 unspecified atom stereocenters. The van der Waals surface area contributed by atoms with Gasteiger partial charge in [-0.15, -0.1) is 0 Å². The van der Waals surface area contributed by atoms with E-state index in [0.717, 1.165) is 0 Å². The van der Waals surface area contributed by atoms with Crippen molar-refractivity contribution in [1.29, 1.82) is 0 Å². The first kappa shape index (κ1) is 10.8. The normalized spacial score (nSPS) is 12.4. The lowest BCUT2D eigenvalue weighted by Gasteiger charge is -2.07. The van der Waals surface area contributed by atoms with Crippen LogP contribution in [0.1, 0.15) is 0 Å². The van der Waals surface area contributed by atoms with Crippen LogP contribution in [0, 0.1) is 5.95 Å². The first-order valence-electron chi connectivity index (χ1n) is 4.25. The molecule has 0 aliphatic carbocycles. The predicted octanol–water partition coefficient (Wildman–Crippen LogP) is 1.69. The van der Waals surface area contributed by atoms with Crippen LogP contribution in [0.4, 0.5) is 10.1 Å². The fraction of sp³-hybridized carbons (Fsp3) is 0. The molecule has 1 heterocycles. The number of hydrogen-bond donors (Lipinski definition) is 1. The summed E-state index contributed by atoms with van der Waals surface area (Å²) in [4.78, 5) is 0. The Labute approximate surface area is 92.7 Å². The number of hydrogen-bond acceptors (Lipinski definition) is 4. The molecule has 0 saturated heterocycles. The molecule has 16 heavy (non-hydrogen) atoms. The zero-order valence-electron chi connectivity index (χ0n) is 7.84. The fourth-order valence-electron chi connectivity index (χ4n) is 1.23. The van der Waals surface area contributed by atoms with Crippen molar-refractivity contribution in [3.8, 4) is 11.3 Å². The summed E-state index contributed by atoms with van der Waals surface area (Å²) in [5, 5.41) is 3.07. The molecule has 1 aromatic carbocycles. The van der Waals surface area contributed by atoms with Gasteiger partial charge in [0.2, 0.25) is 0 Å². The van der Waals surface area contributed by atoms with Gasteiger partial charge in [-0.1, -0.05) is 30.3 Å². The van der Waals surface area contributed by atoms with E-state index in [9.17, 15) is 13.2 Å². The van der Waals surface area contributed by atoms with Gasteiger partial charge in [-0.25, -0.2) is 0 Å². The lowest BCUT2D eigenvalue weighted by atomic mass is 10.1. The molecule has 0 fully saturated rings. The molecule has 0 radical (unpaired) electrons. The van der Waals surface area contributed by atoms with E-state index in [4.69, 9.17) is 4.52 Å². The third kappa shape index (κ3) is 2.10. The number of nitrogens with one attached hydrogen (secondary N) is 1. The highest BCUT2D eigenvalue weighted by atomic mass is 32.2. The Kier molecular flexibility index (Phi) is 2.97. The standard InChI is InChI=1S/C9H7FN2O3S/c10-9-7(12-16(13)14)8(15-11-9)6-4-2-1-3-5-6/h1-5,12H,(H,13,14)/p-1. The fourth-order valence-corrected chi connectivity index (χ4v) is 1.57. The summed E-state index contributed by atoms with van der Waals surface area (Å²) in [5.74, 6) is -0.953. The van der Waals surface area contributed by atoms with Crippen LogP contribution < -0.4 is 4.72 Å². The highest BCUT2D eigenvalue weighted by molar-refractivity contribution is 7.80. The van der Waals surface area contributed by atoms with Gasteiger partial charge in [0.25, 0.3) is 5.95 Å². The van der Waals surface area contributed by atoms with Crippen LogP contribution in [-0.4, -0.2) is 13.9 Å². The highest BCUT2D eigenvalue weighted by Crippen LogP contribution is 2.30. The topological polar surface area (TPSA) is 78.2 Å². The number of benzene rings is 1. The van der Waals surface area contributed by atoms with Crippen molar-refractivity contribution in [3.63, 3.8) is 0 Å². The molecule has 0 aliphatic heterocycles. The third-order valence-electron chi connectivity index (χ3n) is 1.87. The molecule has 1 aromatic heterocycles. The maximum Gasteiger partial charge on any atom is 0.278 e. The van der Waals surface area contributed by atoms with E-state index >= 15 is 0 Å². The number of nitrogens with zero attached hydrogens (tertiary/aromatic N) is 1. The molecule has 0 bridgehead atoms. The Bertz CT molecular complexity index is 515. The quantitative estimate of drug-likeness (QED) is 0.829. The van der Waals surface area contributed by atoms with Gasteiger partial charge >= 0.3 is 0 Å². The van der Waals surface area contributed by atoms with E-state index in [1.165, 1.54) is 0 Å². The number of aromatic nitrogens is 1. The van der Waals surface area contributed by atoms with Crippen LogP contribution in [0.5, 0.6) is 0 Å². The molecule has 1 N–H and O–H groups in total. The molecule has 84 valence electrons. The van der Waals surface area contributed by atoms with Crippen LogP contribution in [0.25, 0.3) is 11.3 Å². The van der Waals surface area contributed by atoms with E-state index in [-0.39, 0.29) is 11.4 Å². The lowest BCUT2D eigenvalue weighted by Crippen LogP contribution is -2.03. The minimum absolute atomic E-state index is 0.0438. The van der Waals surface area contributed by atoms with Crippen molar-refractivity contribution >= 4 is 17.0 Å². The second-order valence-corrected chi connectivity index (χ2v) is 3.55. The molecule has 1 atom stereocenters. The van der Waals surface area contributed by atoms with Gasteiger partial charge in [0.1, 0.15) is 0 Å². The summed E-state index contributed by atoms with van der Waals surface area (Å²) in [7, 11) is 0. The molecule has 2 aromatic rings. The van der Waals surface area contributed by atoms with Crippen molar-refractivity contribution < 1.29 is 17.7 Å². The van der Waals surface area contributed by atoms with E-state index in [1.807, 2.05) is 4.72 Å². The average molecular weight is 241 g/mol. The number of anilines is 1. The summed E-state index contributed by atoms with van der Waals surface area (Å²) >= 11 is -2.63. The smallest absolute Gasteiger partial charge is 0.278 e. The molecule has 2 rings (SSSR count). The van der Waals surface area contributed by atoms with Gasteiger partial charge in [-0.2, -0.15) is 4.39 Å². The van der Waals surface area contributed by atoms with Gasteiger partial charge in [0.15, 0.2) is 11.4 Å². The zero-order chi connectivity index (χ0) is 11.5. The van der Waals surface area contributed by atoms with Crippen molar-refractivity contribution in [2.45, 2.75) is 0 Å². The van der Waals surface area contributed by atoms with E-state index in [2.05, 4.69) is 5.16 Å². The maximum atomic E-state index is 13.1. The van der Waals surface area contributed by atoms with Gasteiger partial charge < -0.3 is 13.8 Å². The summed E-state index contributed by atoms with van der Waals surface area (Å²) in [5.41, 5.74) is 0.242. The molecule has 0 spiro atoms. The Morgan fingerprint density at radius 2 is 2.06 bits per heavy atom. The van der Waals surface area contributed by atoms with Crippen LogP contribution in [0.2, 0.25) is 0 Å². The van der Waals surface area contributed by atoms with Gasteiger partial charge in [-0.3, -0.25) is 4.21 Å². The summed E-state index contributed by atoms with van der Waals surface area (Å²) < 4.78 is 40.7. The monoisotopic (exact) mass is 241 g/mol. The average Bonchev–Trinajstić information content (AvgIpc) is 2.61. The molecule has 0 amide bonds. The Morgan fingerprint density at radius 3 is 2.69 bits per heavy atom. The van der Waals surface area contributed by atoms with Crippen LogP contribution in [0.15, 0.2) is 34.9 Å². The first-order valence-corrected chi connectivity index (χ1v) is 5.32. The SMILES string of the molecule is O=S([O-])Nc1c(F)noc1-c1ccccc1. The number of rotatable bonds is 3. The molecule has 0 saturated carbocycles. The minimum atomic E-state index is -2.63. The van der Waals surface area contributed by atoms with Gasteiger partial charge in [-0.05, 0) is 5.16 Å². The maximum absolute atomic E-state index is 13.1. The van der Waals surface area contributed by atoms with Crippen LogP contribution in [0.3, 0.4) is 0 Å². The van der Waals surface area contributed by atoms with E-state index in [1.54, 1.807) is 30.3 Å². The highest BCUT2D eigenvalue weighted by Gasteiger charge is 2.17. The van der Waals surface area contributed by atoms with Crippen molar-refractivity contribution in [1.82, 2.24) is 5.16 Å². The van der Waals surface area contributed by atoms with Crippen molar-refractivity contribution in [3.05, 3.63) is 36.3 Å². The summed E-state index contributed by atoms with van der Waals surface area (Å²) in [6.07, 6.45) is 0. The second kappa shape index (κ2) is 4.42. The van der Waals surface area contributed by atoms with Crippen LogP contribution >= 0.6 is 0 Å². The first-order chi connectivity index (χ1) is 7.68.